The average molecular weight is 297 g/mol. The maximum atomic E-state index is 12.7. The zero-order valence-corrected chi connectivity index (χ0v) is 12.5. The van der Waals surface area contributed by atoms with Crippen molar-refractivity contribution in [2.75, 3.05) is 19.4 Å². The lowest BCUT2D eigenvalue weighted by Gasteiger charge is -2.32. The molecule has 2 aliphatic rings. The van der Waals surface area contributed by atoms with Gasteiger partial charge in [-0.15, -0.1) is 11.8 Å². The van der Waals surface area contributed by atoms with Crippen LogP contribution in [0.1, 0.15) is 21.5 Å². The van der Waals surface area contributed by atoms with Crippen LogP contribution in [0.3, 0.4) is 0 Å². The van der Waals surface area contributed by atoms with E-state index in [-0.39, 0.29) is 10.8 Å². The number of methoxy groups -OCH3 is 1. The van der Waals surface area contributed by atoms with Crippen molar-refractivity contribution in [3.8, 4) is 5.75 Å². The number of hydrogen-bond acceptors (Lipinski definition) is 3. The molecule has 0 spiro atoms. The lowest BCUT2D eigenvalue weighted by atomic mass is 9.97. The largest absolute Gasteiger partial charge is 0.497 e. The highest BCUT2D eigenvalue weighted by atomic mass is 32.2. The van der Waals surface area contributed by atoms with Crippen molar-refractivity contribution >= 4 is 17.7 Å². The van der Waals surface area contributed by atoms with Gasteiger partial charge in [0.25, 0.3) is 5.91 Å². The number of ether oxygens (including phenoxy) is 1. The first kappa shape index (κ1) is 12.8. The summed E-state index contributed by atoms with van der Waals surface area (Å²) < 4.78 is 5.36. The molecule has 0 N–H and O–H groups in total. The van der Waals surface area contributed by atoms with E-state index in [9.17, 15) is 4.79 Å². The molecule has 0 aliphatic carbocycles. The Morgan fingerprint density at radius 3 is 2.90 bits per heavy atom. The molecule has 4 rings (SSSR count). The molecule has 1 fully saturated rings. The Morgan fingerprint density at radius 1 is 1.19 bits per heavy atom. The molecule has 21 heavy (non-hydrogen) atoms. The van der Waals surface area contributed by atoms with E-state index in [0.29, 0.717) is 0 Å². The van der Waals surface area contributed by atoms with Crippen molar-refractivity contribution in [3.63, 3.8) is 0 Å². The Bertz CT molecular complexity index is 730. The molecule has 106 valence electrons. The predicted molar refractivity (Wildman–Crippen MR) is 83.7 cm³/mol. The molecule has 2 heterocycles. The minimum Gasteiger partial charge on any atom is -0.497 e. The molecule has 3 nitrogen and oxygen atoms in total. The Morgan fingerprint density at radius 2 is 2.05 bits per heavy atom. The van der Waals surface area contributed by atoms with E-state index >= 15 is 0 Å². The van der Waals surface area contributed by atoms with Gasteiger partial charge in [0.05, 0.1) is 7.11 Å². The SMILES string of the molecule is COc1cccc([C@@]23SCCN2C(=O)c2ccccc23)c1. The Balaban J connectivity index is 1.97. The van der Waals surface area contributed by atoms with Gasteiger partial charge in [-0.25, -0.2) is 0 Å². The topological polar surface area (TPSA) is 29.5 Å². The van der Waals surface area contributed by atoms with E-state index in [1.807, 2.05) is 53.1 Å². The summed E-state index contributed by atoms with van der Waals surface area (Å²) in [6, 6.07) is 16.0. The number of carbonyl (C=O) groups excluding carboxylic acids is 1. The second-order valence-corrected chi connectivity index (χ2v) is 6.51. The second kappa shape index (κ2) is 4.53. The van der Waals surface area contributed by atoms with E-state index in [1.54, 1.807) is 7.11 Å². The van der Waals surface area contributed by atoms with Crippen molar-refractivity contribution in [1.82, 2.24) is 4.90 Å². The third-order valence-electron chi connectivity index (χ3n) is 4.23. The molecule has 0 aromatic heterocycles. The molecule has 0 unspecified atom stereocenters. The highest BCUT2D eigenvalue weighted by molar-refractivity contribution is 8.00. The van der Waals surface area contributed by atoms with Crippen LogP contribution in [0.4, 0.5) is 0 Å². The first-order valence-corrected chi connectivity index (χ1v) is 7.96. The lowest BCUT2D eigenvalue weighted by molar-refractivity contribution is 0.0752. The lowest BCUT2D eigenvalue weighted by Crippen LogP contribution is -2.37. The van der Waals surface area contributed by atoms with E-state index in [1.165, 1.54) is 0 Å². The summed E-state index contributed by atoms with van der Waals surface area (Å²) in [5.74, 6) is 1.92. The first-order chi connectivity index (χ1) is 10.3. The number of benzene rings is 2. The quantitative estimate of drug-likeness (QED) is 0.853. The van der Waals surface area contributed by atoms with E-state index in [2.05, 4.69) is 12.1 Å². The van der Waals surface area contributed by atoms with Gasteiger partial charge >= 0.3 is 0 Å². The van der Waals surface area contributed by atoms with Gasteiger partial charge in [0.1, 0.15) is 10.6 Å². The van der Waals surface area contributed by atoms with Crippen molar-refractivity contribution in [3.05, 3.63) is 65.2 Å². The van der Waals surface area contributed by atoms with E-state index < -0.39 is 0 Å². The normalized spacial score (nSPS) is 23.1. The highest BCUT2D eigenvalue weighted by Crippen LogP contribution is 2.55. The minimum absolute atomic E-state index is 0.137. The van der Waals surface area contributed by atoms with E-state index in [4.69, 9.17) is 4.74 Å². The maximum absolute atomic E-state index is 12.7. The number of fused-ring (bicyclic) bond motifs is 3. The van der Waals surface area contributed by atoms with Gasteiger partial charge in [0.2, 0.25) is 0 Å². The van der Waals surface area contributed by atoms with Crippen molar-refractivity contribution in [2.45, 2.75) is 4.87 Å². The summed E-state index contributed by atoms with van der Waals surface area (Å²) in [7, 11) is 1.67. The number of rotatable bonds is 2. The van der Waals surface area contributed by atoms with Crippen LogP contribution in [0.5, 0.6) is 5.75 Å². The predicted octanol–water partition coefficient (Wildman–Crippen LogP) is 3.10. The van der Waals surface area contributed by atoms with Crippen LogP contribution in [0.2, 0.25) is 0 Å². The summed E-state index contributed by atoms with van der Waals surface area (Å²) in [6.07, 6.45) is 0. The fraction of sp³-hybridized carbons (Fsp3) is 0.235. The molecule has 1 amide bonds. The Kier molecular flexibility index (Phi) is 2.76. The molecule has 0 radical (unpaired) electrons. The average Bonchev–Trinajstić information content (AvgIpc) is 3.08. The van der Waals surface area contributed by atoms with Gasteiger partial charge in [0, 0.05) is 23.4 Å². The second-order valence-electron chi connectivity index (χ2n) is 5.23. The third-order valence-corrected chi connectivity index (χ3v) is 5.72. The molecule has 2 aliphatic heterocycles. The molecule has 2 aromatic rings. The van der Waals surface area contributed by atoms with Crippen LogP contribution < -0.4 is 4.74 Å². The number of carbonyl (C=O) groups is 1. The van der Waals surface area contributed by atoms with Crippen LogP contribution >= 0.6 is 11.8 Å². The van der Waals surface area contributed by atoms with Gasteiger partial charge in [-0.1, -0.05) is 30.3 Å². The summed E-state index contributed by atoms with van der Waals surface area (Å²) >= 11 is 1.83. The summed E-state index contributed by atoms with van der Waals surface area (Å²) in [5.41, 5.74) is 3.04. The molecule has 1 atom stereocenters. The molecule has 0 saturated carbocycles. The molecule has 2 aromatic carbocycles. The maximum Gasteiger partial charge on any atom is 0.255 e. The van der Waals surface area contributed by atoms with Gasteiger partial charge in [-0.05, 0) is 23.8 Å². The molecule has 0 bridgehead atoms. The van der Waals surface area contributed by atoms with Crippen molar-refractivity contribution < 1.29 is 9.53 Å². The van der Waals surface area contributed by atoms with Crippen LogP contribution in [0.15, 0.2) is 48.5 Å². The number of nitrogens with zero attached hydrogens (tertiary/aromatic N) is 1. The van der Waals surface area contributed by atoms with Gasteiger partial charge in [-0.3, -0.25) is 4.79 Å². The van der Waals surface area contributed by atoms with Gasteiger partial charge in [0.15, 0.2) is 0 Å². The summed E-state index contributed by atoms with van der Waals surface area (Å²) in [5, 5.41) is 0. The van der Waals surface area contributed by atoms with Crippen LogP contribution in [-0.4, -0.2) is 30.2 Å². The minimum atomic E-state index is -0.387. The summed E-state index contributed by atoms with van der Waals surface area (Å²) in [6.45, 7) is 0.787. The highest BCUT2D eigenvalue weighted by Gasteiger charge is 2.54. The number of thioether (sulfide) groups is 1. The zero-order valence-electron chi connectivity index (χ0n) is 11.7. The standard InChI is InChI=1S/C17H15NO2S/c1-20-13-6-4-5-12(11-13)17-15-8-3-2-7-14(15)16(19)18(17)9-10-21-17/h2-8,11H,9-10H2,1H3/t17-/m0/s1. The van der Waals surface area contributed by atoms with Crippen LogP contribution in [0, 0.1) is 0 Å². The Labute approximate surface area is 127 Å². The first-order valence-electron chi connectivity index (χ1n) is 6.97. The van der Waals surface area contributed by atoms with Crippen molar-refractivity contribution in [1.29, 1.82) is 0 Å². The van der Waals surface area contributed by atoms with Gasteiger partial charge in [-0.2, -0.15) is 0 Å². The third kappa shape index (κ3) is 1.59. The smallest absolute Gasteiger partial charge is 0.255 e. The molecular weight excluding hydrogens is 282 g/mol. The number of amides is 1. The van der Waals surface area contributed by atoms with Crippen LogP contribution in [0.25, 0.3) is 0 Å². The summed E-state index contributed by atoms with van der Waals surface area (Å²) in [4.78, 5) is 14.3. The monoisotopic (exact) mass is 297 g/mol. The van der Waals surface area contributed by atoms with Crippen molar-refractivity contribution in [2.24, 2.45) is 0 Å². The van der Waals surface area contributed by atoms with Crippen LogP contribution in [-0.2, 0) is 4.87 Å². The van der Waals surface area contributed by atoms with Gasteiger partial charge < -0.3 is 9.64 Å². The zero-order chi connectivity index (χ0) is 14.4. The fourth-order valence-electron chi connectivity index (χ4n) is 3.33. The molecular formula is C17H15NO2S. The fourth-order valence-corrected chi connectivity index (χ4v) is 4.85. The number of hydrogen-bond donors (Lipinski definition) is 0. The Hall–Kier alpha value is -1.94. The van der Waals surface area contributed by atoms with E-state index in [0.717, 1.165) is 34.7 Å². The molecule has 4 heteroatoms. The molecule has 1 saturated heterocycles.